The van der Waals surface area contributed by atoms with Crippen molar-refractivity contribution < 1.29 is 14.4 Å². The summed E-state index contributed by atoms with van der Waals surface area (Å²) in [4.78, 5) is 44.8. The normalized spacial score (nSPS) is 25.3. The fraction of sp³-hybridized carbons (Fsp3) is 0.160. The monoisotopic (exact) mass is 494 g/mol. The minimum Gasteiger partial charge on any atom is -0.358 e. The van der Waals surface area contributed by atoms with E-state index in [9.17, 15) is 14.4 Å². The number of carbonyl (C=O) groups excluding carboxylic acids is 3. The molecule has 0 aliphatic carbocycles. The first kappa shape index (κ1) is 20.7. The Kier molecular flexibility index (Phi) is 4.73. The van der Waals surface area contributed by atoms with Crippen LogP contribution >= 0.6 is 34.5 Å². The van der Waals surface area contributed by atoms with E-state index in [0.717, 1.165) is 11.1 Å². The van der Waals surface area contributed by atoms with Gasteiger partial charge in [0.2, 0.25) is 11.8 Å². The zero-order chi connectivity index (χ0) is 22.9. The molecule has 3 aromatic rings. The topological polar surface area (TPSA) is 57.7 Å². The van der Waals surface area contributed by atoms with Crippen LogP contribution in [0.15, 0.2) is 66.2 Å². The van der Waals surface area contributed by atoms with Crippen LogP contribution in [0.5, 0.6) is 0 Å². The summed E-state index contributed by atoms with van der Waals surface area (Å²) in [7, 11) is 0. The van der Waals surface area contributed by atoms with Crippen molar-refractivity contribution in [2.75, 3.05) is 4.90 Å². The third-order valence-corrected chi connectivity index (χ3v) is 8.28. The van der Waals surface area contributed by atoms with Crippen molar-refractivity contribution in [2.24, 2.45) is 11.8 Å². The predicted octanol–water partition coefficient (Wildman–Crippen LogP) is 5.45. The summed E-state index contributed by atoms with van der Waals surface area (Å²) in [6.07, 6.45) is 3.79. The van der Waals surface area contributed by atoms with Gasteiger partial charge in [-0.2, -0.15) is 0 Å². The number of halogens is 2. The first-order valence-corrected chi connectivity index (χ1v) is 12.1. The maximum Gasteiger partial charge on any atom is 0.240 e. The Hall–Kier alpha value is -2.93. The van der Waals surface area contributed by atoms with E-state index in [-0.39, 0.29) is 16.7 Å². The lowest BCUT2D eigenvalue weighted by Crippen LogP contribution is -2.44. The lowest BCUT2D eigenvalue weighted by atomic mass is 9.84. The maximum atomic E-state index is 13.8. The molecule has 2 saturated heterocycles. The highest BCUT2D eigenvalue weighted by Crippen LogP contribution is 2.54. The van der Waals surface area contributed by atoms with Gasteiger partial charge in [-0.1, -0.05) is 53.5 Å². The molecule has 5 nitrogen and oxygen atoms in total. The Morgan fingerprint density at radius 1 is 0.909 bits per heavy atom. The molecule has 1 aromatic heterocycles. The van der Waals surface area contributed by atoms with Crippen LogP contribution in [-0.4, -0.2) is 28.5 Å². The summed E-state index contributed by atoms with van der Waals surface area (Å²) in [5.41, 5.74) is 2.28. The SMILES string of the molecule is O=C(c1cccs1)[C@@H]1[C@@H]2C(=O)N(c3ccc(Cl)c(Cl)c3)C(=O)[C@H]2[C@H]2c3ccccc3C=CN12. The molecular weight excluding hydrogens is 479 g/mol. The largest absolute Gasteiger partial charge is 0.358 e. The molecular formula is C25H16Cl2N2O3S. The van der Waals surface area contributed by atoms with E-state index in [0.29, 0.717) is 15.6 Å². The van der Waals surface area contributed by atoms with Crippen molar-refractivity contribution in [1.29, 1.82) is 0 Å². The van der Waals surface area contributed by atoms with Crippen LogP contribution in [0.1, 0.15) is 26.8 Å². The third kappa shape index (κ3) is 2.94. The quantitative estimate of drug-likeness (QED) is 0.358. The molecule has 4 heterocycles. The summed E-state index contributed by atoms with van der Waals surface area (Å²) >= 11 is 13.6. The number of ketones is 1. The summed E-state index contributed by atoms with van der Waals surface area (Å²) < 4.78 is 0. The number of amides is 2. The second kappa shape index (κ2) is 7.55. The van der Waals surface area contributed by atoms with Gasteiger partial charge in [0.05, 0.1) is 38.5 Å². The first-order valence-electron chi connectivity index (χ1n) is 10.4. The average molecular weight is 495 g/mol. The standard InChI is InChI=1S/C25H16Cl2N2O3S/c26-16-8-7-14(12-17(16)27)29-24(31)19-20(25(29)32)22(23(30)18-6-3-11-33-18)28-10-9-13-4-1-2-5-15(13)21(19)28/h1-12,19-22H/t19-,20-,21-,22+/m1/s1. The molecule has 6 rings (SSSR count). The molecule has 3 aliphatic rings. The Labute approximate surface area is 203 Å². The summed E-state index contributed by atoms with van der Waals surface area (Å²) in [5.74, 6) is -2.36. The zero-order valence-electron chi connectivity index (χ0n) is 17.0. The highest BCUT2D eigenvalue weighted by atomic mass is 35.5. The van der Waals surface area contributed by atoms with E-state index in [1.54, 1.807) is 18.2 Å². The minimum absolute atomic E-state index is 0.149. The van der Waals surface area contributed by atoms with Crippen molar-refractivity contribution in [1.82, 2.24) is 4.90 Å². The third-order valence-electron chi connectivity index (χ3n) is 6.66. The molecule has 0 N–H and O–H groups in total. The van der Waals surface area contributed by atoms with Gasteiger partial charge in [-0.05, 0) is 46.8 Å². The summed E-state index contributed by atoms with van der Waals surface area (Å²) in [6.45, 7) is 0. The molecule has 0 unspecified atom stereocenters. The van der Waals surface area contributed by atoms with Crippen molar-refractivity contribution in [2.45, 2.75) is 12.1 Å². The molecule has 2 aromatic carbocycles. The van der Waals surface area contributed by atoms with Crippen molar-refractivity contribution in [3.63, 3.8) is 0 Å². The van der Waals surface area contributed by atoms with Crippen LogP contribution < -0.4 is 4.90 Å². The predicted molar refractivity (Wildman–Crippen MR) is 128 cm³/mol. The van der Waals surface area contributed by atoms with Crippen molar-refractivity contribution in [3.8, 4) is 0 Å². The number of hydrogen-bond acceptors (Lipinski definition) is 5. The molecule has 0 bridgehead atoms. The number of benzene rings is 2. The molecule has 164 valence electrons. The number of carbonyl (C=O) groups is 3. The number of thiophene rings is 1. The van der Waals surface area contributed by atoms with E-state index in [4.69, 9.17) is 23.2 Å². The number of rotatable bonds is 3. The summed E-state index contributed by atoms with van der Waals surface area (Å²) in [6, 6.07) is 14.9. The number of Topliss-reactive ketones (excluding diaryl/α,β-unsaturated/α-hetero) is 1. The molecule has 33 heavy (non-hydrogen) atoms. The van der Waals surface area contributed by atoms with E-state index in [1.165, 1.54) is 22.3 Å². The fourth-order valence-electron chi connectivity index (χ4n) is 5.30. The van der Waals surface area contributed by atoms with Gasteiger partial charge in [0.1, 0.15) is 6.04 Å². The highest BCUT2D eigenvalue weighted by Gasteiger charge is 2.64. The van der Waals surface area contributed by atoms with Gasteiger partial charge < -0.3 is 4.90 Å². The molecule has 2 amide bonds. The molecule has 0 saturated carbocycles. The smallest absolute Gasteiger partial charge is 0.240 e. The van der Waals surface area contributed by atoms with Gasteiger partial charge in [-0.25, -0.2) is 4.90 Å². The molecule has 4 atom stereocenters. The van der Waals surface area contributed by atoms with Gasteiger partial charge >= 0.3 is 0 Å². The van der Waals surface area contributed by atoms with Crippen LogP contribution in [0.2, 0.25) is 10.0 Å². The molecule has 0 spiro atoms. The molecule has 8 heteroatoms. The number of hydrogen-bond donors (Lipinski definition) is 0. The minimum atomic E-state index is -0.803. The maximum absolute atomic E-state index is 13.8. The lowest BCUT2D eigenvalue weighted by molar-refractivity contribution is -0.123. The van der Waals surface area contributed by atoms with Gasteiger partial charge in [-0.3, -0.25) is 14.4 Å². The number of nitrogens with zero attached hydrogens (tertiary/aromatic N) is 2. The van der Waals surface area contributed by atoms with E-state index in [1.807, 2.05) is 52.9 Å². The summed E-state index contributed by atoms with van der Waals surface area (Å²) in [5, 5.41) is 2.43. The van der Waals surface area contributed by atoms with Gasteiger partial charge in [-0.15, -0.1) is 11.3 Å². The Balaban J connectivity index is 1.51. The van der Waals surface area contributed by atoms with Crippen LogP contribution in [0, 0.1) is 11.8 Å². The lowest BCUT2D eigenvalue weighted by Gasteiger charge is -2.35. The molecule has 2 fully saturated rings. The molecule has 3 aliphatic heterocycles. The van der Waals surface area contributed by atoms with Crippen LogP contribution in [0.25, 0.3) is 6.08 Å². The van der Waals surface area contributed by atoms with Gasteiger partial charge in [0.15, 0.2) is 5.78 Å². The highest BCUT2D eigenvalue weighted by molar-refractivity contribution is 7.12. The van der Waals surface area contributed by atoms with Crippen molar-refractivity contribution in [3.05, 3.63) is 92.2 Å². The second-order valence-electron chi connectivity index (χ2n) is 8.28. The van der Waals surface area contributed by atoms with E-state index < -0.39 is 29.8 Å². The molecule has 0 radical (unpaired) electrons. The van der Waals surface area contributed by atoms with Crippen LogP contribution in [-0.2, 0) is 9.59 Å². The number of fused-ring (bicyclic) bond motifs is 5. The number of imide groups is 1. The Bertz CT molecular complexity index is 1350. The van der Waals surface area contributed by atoms with Gasteiger partial charge in [0.25, 0.3) is 0 Å². The average Bonchev–Trinajstić information content (AvgIpc) is 3.52. The zero-order valence-corrected chi connectivity index (χ0v) is 19.3. The second-order valence-corrected chi connectivity index (χ2v) is 10.0. The van der Waals surface area contributed by atoms with E-state index >= 15 is 0 Å². The van der Waals surface area contributed by atoms with Crippen LogP contribution in [0.4, 0.5) is 5.69 Å². The van der Waals surface area contributed by atoms with Crippen molar-refractivity contribution >= 4 is 63.9 Å². The van der Waals surface area contributed by atoms with Gasteiger partial charge in [0, 0.05) is 6.20 Å². The van der Waals surface area contributed by atoms with E-state index in [2.05, 4.69) is 0 Å². The number of anilines is 1. The first-order chi connectivity index (χ1) is 16.0. The van der Waals surface area contributed by atoms with Crippen LogP contribution in [0.3, 0.4) is 0 Å². The Morgan fingerprint density at radius 2 is 1.70 bits per heavy atom. The Morgan fingerprint density at radius 3 is 2.45 bits per heavy atom. The fourth-order valence-corrected chi connectivity index (χ4v) is 6.29.